The summed E-state index contributed by atoms with van der Waals surface area (Å²) in [6.45, 7) is 6.13. The van der Waals surface area contributed by atoms with Crippen molar-refractivity contribution in [1.82, 2.24) is 19.7 Å². The molecule has 3 rings (SSSR count). The molecule has 23 heavy (non-hydrogen) atoms. The van der Waals surface area contributed by atoms with Crippen LogP contribution in [0.1, 0.15) is 32.5 Å². The SMILES string of the molecule is CC(C)(C)c1nc(CSc2nccn2-c2cccc(Cl)c2)no1. The molecular formula is C16H17ClN4OS. The van der Waals surface area contributed by atoms with E-state index in [1.165, 1.54) is 0 Å². The fourth-order valence-corrected chi connectivity index (χ4v) is 2.97. The molecule has 0 saturated heterocycles. The number of nitrogens with zero attached hydrogens (tertiary/aromatic N) is 4. The first kappa shape index (κ1) is 16.1. The van der Waals surface area contributed by atoms with E-state index in [0.717, 1.165) is 10.8 Å². The van der Waals surface area contributed by atoms with Gasteiger partial charge in [-0.15, -0.1) is 0 Å². The molecular weight excluding hydrogens is 332 g/mol. The first-order valence-corrected chi connectivity index (χ1v) is 8.55. The van der Waals surface area contributed by atoms with Gasteiger partial charge in [-0.1, -0.05) is 55.4 Å². The number of halogens is 1. The number of benzene rings is 1. The second-order valence-electron chi connectivity index (χ2n) is 6.11. The first-order chi connectivity index (χ1) is 10.9. The summed E-state index contributed by atoms with van der Waals surface area (Å²) < 4.78 is 7.30. The molecule has 120 valence electrons. The van der Waals surface area contributed by atoms with Crippen LogP contribution in [0.4, 0.5) is 0 Å². The van der Waals surface area contributed by atoms with Crippen LogP contribution in [0.15, 0.2) is 46.3 Å². The molecule has 1 aromatic carbocycles. The first-order valence-electron chi connectivity index (χ1n) is 7.18. The lowest BCUT2D eigenvalue weighted by Gasteiger charge is -2.10. The second kappa shape index (κ2) is 6.37. The van der Waals surface area contributed by atoms with Crippen molar-refractivity contribution in [3.8, 4) is 5.69 Å². The van der Waals surface area contributed by atoms with Crippen LogP contribution in [0.5, 0.6) is 0 Å². The third-order valence-electron chi connectivity index (χ3n) is 3.13. The molecule has 0 aliphatic heterocycles. The summed E-state index contributed by atoms with van der Waals surface area (Å²) in [6, 6.07) is 7.66. The van der Waals surface area contributed by atoms with Gasteiger partial charge in [0.15, 0.2) is 11.0 Å². The van der Waals surface area contributed by atoms with Gasteiger partial charge in [-0.2, -0.15) is 4.98 Å². The summed E-state index contributed by atoms with van der Waals surface area (Å²) in [5, 5.41) is 5.58. The van der Waals surface area contributed by atoms with E-state index in [2.05, 4.69) is 15.1 Å². The smallest absolute Gasteiger partial charge is 0.232 e. The minimum atomic E-state index is -0.144. The maximum Gasteiger partial charge on any atom is 0.232 e. The van der Waals surface area contributed by atoms with Crippen LogP contribution in [0.2, 0.25) is 5.02 Å². The Hall–Kier alpha value is -1.79. The van der Waals surface area contributed by atoms with Gasteiger partial charge in [0.25, 0.3) is 0 Å². The Morgan fingerprint density at radius 2 is 2.13 bits per heavy atom. The zero-order valence-electron chi connectivity index (χ0n) is 13.2. The summed E-state index contributed by atoms with van der Waals surface area (Å²) in [6.07, 6.45) is 3.67. The van der Waals surface area contributed by atoms with Gasteiger partial charge in [-0.3, -0.25) is 4.57 Å². The van der Waals surface area contributed by atoms with E-state index in [-0.39, 0.29) is 5.41 Å². The Bertz CT molecular complexity index is 806. The zero-order valence-corrected chi connectivity index (χ0v) is 14.7. The standard InChI is InChI=1S/C16H17ClN4OS/c1-16(2,3)14-19-13(20-22-14)10-23-15-18-7-8-21(15)12-6-4-5-11(17)9-12/h4-9H,10H2,1-3H3. The molecule has 2 aromatic heterocycles. The molecule has 3 aromatic rings. The second-order valence-corrected chi connectivity index (χ2v) is 7.49. The highest BCUT2D eigenvalue weighted by Gasteiger charge is 2.21. The fourth-order valence-electron chi connectivity index (χ4n) is 1.97. The van der Waals surface area contributed by atoms with Crippen molar-refractivity contribution >= 4 is 23.4 Å². The zero-order chi connectivity index (χ0) is 16.4. The Balaban J connectivity index is 1.75. The lowest BCUT2D eigenvalue weighted by atomic mass is 9.97. The monoisotopic (exact) mass is 348 g/mol. The van der Waals surface area contributed by atoms with Crippen molar-refractivity contribution in [2.45, 2.75) is 37.1 Å². The van der Waals surface area contributed by atoms with E-state index in [4.69, 9.17) is 16.1 Å². The maximum atomic E-state index is 6.06. The number of thioether (sulfide) groups is 1. The van der Waals surface area contributed by atoms with Crippen LogP contribution in [-0.2, 0) is 11.2 Å². The molecule has 0 amide bonds. The predicted molar refractivity (Wildman–Crippen MR) is 91.1 cm³/mol. The minimum Gasteiger partial charge on any atom is -0.339 e. The molecule has 0 aliphatic rings. The lowest BCUT2D eigenvalue weighted by molar-refractivity contribution is 0.319. The number of aromatic nitrogens is 4. The van der Waals surface area contributed by atoms with Crippen LogP contribution in [-0.4, -0.2) is 19.7 Å². The maximum absolute atomic E-state index is 6.06. The highest BCUT2D eigenvalue weighted by atomic mass is 35.5. The van der Waals surface area contributed by atoms with E-state index in [1.807, 2.05) is 55.8 Å². The molecule has 0 atom stereocenters. The van der Waals surface area contributed by atoms with E-state index in [9.17, 15) is 0 Å². The van der Waals surface area contributed by atoms with Crippen LogP contribution in [0.25, 0.3) is 5.69 Å². The van der Waals surface area contributed by atoms with Gasteiger partial charge in [0.2, 0.25) is 5.89 Å². The van der Waals surface area contributed by atoms with Crippen LogP contribution >= 0.6 is 23.4 Å². The average molecular weight is 349 g/mol. The fraction of sp³-hybridized carbons (Fsp3) is 0.312. The van der Waals surface area contributed by atoms with Gasteiger partial charge < -0.3 is 4.52 Å². The van der Waals surface area contributed by atoms with Gasteiger partial charge in [0, 0.05) is 28.5 Å². The third-order valence-corrected chi connectivity index (χ3v) is 4.33. The molecule has 0 aliphatic carbocycles. The molecule has 0 N–H and O–H groups in total. The molecule has 5 nitrogen and oxygen atoms in total. The minimum absolute atomic E-state index is 0.144. The lowest BCUT2D eigenvalue weighted by Crippen LogP contribution is -2.11. The molecule has 0 bridgehead atoms. The number of rotatable bonds is 4. The number of hydrogen-bond donors (Lipinski definition) is 0. The van der Waals surface area contributed by atoms with Gasteiger partial charge in [-0.05, 0) is 18.2 Å². The van der Waals surface area contributed by atoms with Gasteiger partial charge in [-0.25, -0.2) is 4.98 Å². The molecule has 0 unspecified atom stereocenters. The van der Waals surface area contributed by atoms with Crippen molar-refractivity contribution in [1.29, 1.82) is 0 Å². The Kier molecular flexibility index (Phi) is 4.46. The molecule has 7 heteroatoms. The molecule has 0 spiro atoms. The number of imidazole rings is 1. The molecule has 2 heterocycles. The van der Waals surface area contributed by atoms with E-state index < -0.39 is 0 Å². The van der Waals surface area contributed by atoms with Crippen molar-refractivity contribution in [2.24, 2.45) is 0 Å². The van der Waals surface area contributed by atoms with Gasteiger partial charge in [0.05, 0.1) is 5.75 Å². The van der Waals surface area contributed by atoms with E-state index >= 15 is 0 Å². The largest absolute Gasteiger partial charge is 0.339 e. The Morgan fingerprint density at radius 3 is 2.83 bits per heavy atom. The van der Waals surface area contributed by atoms with Crippen LogP contribution in [0, 0.1) is 0 Å². The number of hydrogen-bond acceptors (Lipinski definition) is 5. The third kappa shape index (κ3) is 3.76. The van der Waals surface area contributed by atoms with Gasteiger partial charge in [0.1, 0.15) is 0 Å². The Morgan fingerprint density at radius 1 is 1.30 bits per heavy atom. The molecule has 0 saturated carbocycles. The van der Waals surface area contributed by atoms with E-state index in [1.54, 1.807) is 18.0 Å². The van der Waals surface area contributed by atoms with Crippen molar-refractivity contribution in [2.75, 3.05) is 0 Å². The highest BCUT2D eigenvalue weighted by Crippen LogP contribution is 2.26. The predicted octanol–water partition coefficient (Wildman–Crippen LogP) is 4.50. The summed E-state index contributed by atoms with van der Waals surface area (Å²) in [5.41, 5.74) is 0.829. The van der Waals surface area contributed by atoms with Crippen molar-refractivity contribution < 1.29 is 4.52 Å². The summed E-state index contributed by atoms with van der Waals surface area (Å²) in [7, 11) is 0. The van der Waals surface area contributed by atoms with Crippen LogP contribution in [0.3, 0.4) is 0 Å². The average Bonchev–Trinajstić information content (AvgIpc) is 3.14. The molecule has 0 radical (unpaired) electrons. The van der Waals surface area contributed by atoms with Crippen molar-refractivity contribution in [3.63, 3.8) is 0 Å². The van der Waals surface area contributed by atoms with Crippen LogP contribution < -0.4 is 0 Å². The summed E-state index contributed by atoms with van der Waals surface area (Å²) >= 11 is 7.61. The summed E-state index contributed by atoms with van der Waals surface area (Å²) in [4.78, 5) is 8.83. The molecule has 0 fully saturated rings. The normalized spacial score (nSPS) is 11.8. The van der Waals surface area contributed by atoms with Crippen molar-refractivity contribution in [3.05, 3.63) is 53.4 Å². The topological polar surface area (TPSA) is 56.7 Å². The quantitative estimate of drug-likeness (QED) is 0.650. The summed E-state index contributed by atoms with van der Waals surface area (Å²) in [5.74, 6) is 1.91. The van der Waals surface area contributed by atoms with Gasteiger partial charge >= 0.3 is 0 Å². The Labute approximate surface area is 144 Å². The van der Waals surface area contributed by atoms with E-state index in [0.29, 0.717) is 22.5 Å². The highest BCUT2D eigenvalue weighted by molar-refractivity contribution is 7.98.